The van der Waals surface area contributed by atoms with Crippen molar-refractivity contribution < 1.29 is 18.1 Å². The Morgan fingerprint density at radius 3 is 2.88 bits per heavy atom. The molecule has 4 aromatic rings. The van der Waals surface area contributed by atoms with Crippen LogP contribution in [0.4, 0.5) is 4.39 Å². The van der Waals surface area contributed by atoms with Gasteiger partial charge in [0.1, 0.15) is 41.6 Å². The van der Waals surface area contributed by atoms with Gasteiger partial charge in [0.25, 0.3) is 0 Å². The number of aromatic nitrogens is 4. The lowest BCUT2D eigenvalue weighted by Gasteiger charge is -2.13. The fourth-order valence-corrected chi connectivity index (χ4v) is 4.50. The molecule has 7 nitrogen and oxygen atoms in total. The minimum absolute atomic E-state index is 0.218. The van der Waals surface area contributed by atoms with Crippen LogP contribution in [0.2, 0.25) is 5.02 Å². The summed E-state index contributed by atoms with van der Waals surface area (Å²) in [7, 11) is 0. The van der Waals surface area contributed by atoms with Crippen LogP contribution in [-0.2, 0) is 30.1 Å². The van der Waals surface area contributed by atoms with Crippen molar-refractivity contribution in [1.29, 1.82) is 0 Å². The van der Waals surface area contributed by atoms with Crippen molar-refractivity contribution in [2.24, 2.45) is 0 Å². The van der Waals surface area contributed by atoms with Crippen LogP contribution in [0, 0.1) is 12.7 Å². The van der Waals surface area contributed by atoms with Gasteiger partial charge in [-0.3, -0.25) is 0 Å². The van der Waals surface area contributed by atoms with Crippen LogP contribution in [0.1, 0.15) is 28.3 Å². The lowest BCUT2D eigenvalue weighted by atomic mass is 10.1. The van der Waals surface area contributed by atoms with Crippen molar-refractivity contribution in [2.45, 2.75) is 25.8 Å². The Balaban J connectivity index is 1.28. The topological polar surface area (TPSA) is 89.0 Å². The second kappa shape index (κ2) is 11.3. The molecule has 0 aliphatic carbocycles. The highest BCUT2D eigenvalue weighted by molar-refractivity contribution is 7.90. The molecule has 4 rings (SSSR count). The van der Waals surface area contributed by atoms with Gasteiger partial charge in [0, 0.05) is 28.4 Å². The molecule has 2 aromatic heterocycles. The normalized spacial score (nSPS) is 12.4. The zero-order valence-electron chi connectivity index (χ0n) is 18.4. The van der Waals surface area contributed by atoms with E-state index in [1.165, 1.54) is 12.3 Å². The Bertz CT molecular complexity index is 1260. The SMILES string of the molecule is Cc1cc(OCc2coc(/C=C/c3ccc(Cl)cc3F)n2)ccc1C[S+]([O-])CCn1ccnn1. The molecule has 0 aliphatic heterocycles. The highest BCUT2D eigenvalue weighted by Crippen LogP contribution is 2.21. The molecule has 0 fully saturated rings. The molecule has 0 saturated carbocycles. The first-order valence-electron chi connectivity index (χ1n) is 10.5. The number of hydrogen-bond acceptors (Lipinski definition) is 6. The molecule has 0 spiro atoms. The molecule has 1 unspecified atom stereocenters. The summed E-state index contributed by atoms with van der Waals surface area (Å²) in [5.41, 5.74) is 3.00. The maximum Gasteiger partial charge on any atom is 0.218 e. The lowest BCUT2D eigenvalue weighted by molar-refractivity contribution is 0.300. The summed E-state index contributed by atoms with van der Waals surface area (Å²) < 4.78 is 39.2. The Labute approximate surface area is 204 Å². The maximum atomic E-state index is 13.9. The minimum Gasteiger partial charge on any atom is -0.616 e. The monoisotopic (exact) mass is 500 g/mol. The van der Waals surface area contributed by atoms with Gasteiger partial charge >= 0.3 is 0 Å². The average molecular weight is 501 g/mol. The lowest BCUT2D eigenvalue weighted by Crippen LogP contribution is -2.16. The predicted octanol–water partition coefficient (Wildman–Crippen LogP) is 5.07. The Morgan fingerprint density at radius 2 is 2.12 bits per heavy atom. The molecule has 0 saturated heterocycles. The van der Waals surface area contributed by atoms with Gasteiger partial charge in [0.2, 0.25) is 5.89 Å². The maximum absolute atomic E-state index is 13.9. The third kappa shape index (κ3) is 6.69. The van der Waals surface area contributed by atoms with Gasteiger partial charge in [0.15, 0.2) is 0 Å². The number of oxazole rings is 1. The second-order valence-electron chi connectivity index (χ2n) is 7.51. The Kier molecular flexibility index (Phi) is 7.99. The number of nitrogens with zero attached hydrogens (tertiary/aromatic N) is 4. The summed E-state index contributed by atoms with van der Waals surface area (Å²) in [6, 6.07) is 10.1. The largest absolute Gasteiger partial charge is 0.616 e. The standard InChI is InChI=1S/C24H22ClFN4O3S/c1-17-12-22(6-3-19(17)16-34(31)11-10-30-9-8-27-29-30)32-14-21-15-33-24(28-21)7-4-18-2-5-20(25)13-23(18)26/h2-9,12-13,15H,10-11,14,16H2,1H3/b7-4+. The number of hydrogen-bond donors (Lipinski definition) is 0. The van der Waals surface area contributed by atoms with Crippen LogP contribution >= 0.6 is 11.6 Å². The summed E-state index contributed by atoms with van der Waals surface area (Å²) in [5.74, 6) is 1.57. The second-order valence-corrected chi connectivity index (χ2v) is 9.52. The molecule has 2 heterocycles. The molecule has 34 heavy (non-hydrogen) atoms. The molecule has 0 radical (unpaired) electrons. The van der Waals surface area contributed by atoms with Crippen molar-refractivity contribution in [2.75, 3.05) is 5.75 Å². The molecule has 0 bridgehead atoms. The zero-order chi connectivity index (χ0) is 23.9. The van der Waals surface area contributed by atoms with E-state index in [9.17, 15) is 8.94 Å². The predicted molar refractivity (Wildman–Crippen MR) is 129 cm³/mol. The van der Waals surface area contributed by atoms with E-state index in [0.29, 0.717) is 46.0 Å². The van der Waals surface area contributed by atoms with Crippen LogP contribution in [0.15, 0.2) is 59.5 Å². The Morgan fingerprint density at radius 1 is 1.24 bits per heavy atom. The summed E-state index contributed by atoms with van der Waals surface area (Å²) in [5, 5.41) is 7.97. The number of halogens is 2. The zero-order valence-corrected chi connectivity index (χ0v) is 19.9. The molecule has 1 atom stereocenters. The van der Waals surface area contributed by atoms with E-state index < -0.39 is 17.0 Å². The van der Waals surface area contributed by atoms with Crippen LogP contribution < -0.4 is 4.74 Å². The summed E-state index contributed by atoms with van der Waals surface area (Å²) in [4.78, 5) is 4.33. The van der Waals surface area contributed by atoms with Crippen molar-refractivity contribution in [3.05, 3.63) is 94.2 Å². The Hall–Kier alpha value is -3.14. The summed E-state index contributed by atoms with van der Waals surface area (Å²) in [6.45, 7) is 2.75. The fourth-order valence-electron chi connectivity index (χ4n) is 3.13. The molecular weight excluding hydrogens is 479 g/mol. The highest BCUT2D eigenvalue weighted by atomic mass is 35.5. The number of benzene rings is 2. The van der Waals surface area contributed by atoms with Crippen LogP contribution in [-0.4, -0.2) is 30.3 Å². The van der Waals surface area contributed by atoms with Gasteiger partial charge in [-0.25, -0.2) is 14.1 Å². The highest BCUT2D eigenvalue weighted by Gasteiger charge is 2.12. The van der Waals surface area contributed by atoms with Gasteiger partial charge in [-0.1, -0.05) is 28.9 Å². The fraction of sp³-hybridized carbons (Fsp3) is 0.208. The molecular formula is C24H22ClFN4O3S. The summed E-state index contributed by atoms with van der Waals surface area (Å²) in [6.07, 6.45) is 8.00. The first-order valence-corrected chi connectivity index (χ1v) is 12.3. The third-order valence-corrected chi connectivity index (χ3v) is 6.48. The molecule has 0 amide bonds. The summed E-state index contributed by atoms with van der Waals surface area (Å²) >= 11 is 4.76. The number of rotatable bonds is 10. The molecule has 2 aromatic carbocycles. The van der Waals surface area contributed by atoms with Gasteiger partial charge in [-0.2, -0.15) is 0 Å². The van der Waals surface area contributed by atoms with Gasteiger partial charge in [-0.15, -0.1) is 5.10 Å². The quantitative estimate of drug-likeness (QED) is 0.283. The van der Waals surface area contributed by atoms with Gasteiger partial charge in [-0.05, 0) is 54.0 Å². The molecule has 10 heteroatoms. The van der Waals surface area contributed by atoms with E-state index in [0.717, 1.165) is 11.1 Å². The molecule has 176 valence electrons. The van der Waals surface area contributed by atoms with Crippen LogP contribution in [0.25, 0.3) is 12.2 Å². The van der Waals surface area contributed by atoms with Crippen LogP contribution in [0.3, 0.4) is 0 Å². The van der Waals surface area contributed by atoms with E-state index in [-0.39, 0.29) is 6.61 Å². The smallest absolute Gasteiger partial charge is 0.218 e. The average Bonchev–Trinajstić information content (AvgIpc) is 3.49. The van der Waals surface area contributed by atoms with Gasteiger partial charge in [0.05, 0.1) is 12.7 Å². The van der Waals surface area contributed by atoms with Gasteiger partial charge < -0.3 is 13.7 Å². The van der Waals surface area contributed by atoms with E-state index >= 15 is 0 Å². The first kappa shape index (κ1) is 24.0. The van der Waals surface area contributed by atoms with E-state index in [1.807, 2.05) is 25.1 Å². The van der Waals surface area contributed by atoms with Crippen LogP contribution in [0.5, 0.6) is 5.75 Å². The van der Waals surface area contributed by atoms with Crippen molar-refractivity contribution >= 4 is 34.9 Å². The van der Waals surface area contributed by atoms with Crippen molar-refractivity contribution in [3.8, 4) is 5.75 Å². The first-order chi connectivity index (χ1) is 16.5. The molecule has 0 aliphatic rings. The molecule has 0 N–H and O–H groups in total. The number of aryl methyl sites for hydroxylation is 2. The van der Waals surface area contributed by atoms with E-state index in [1.54, 1.807) is 41.4 Å². The van der Waals surface area contributed by atoms with Crippen molar-refractivity contribution in [3.63, 3.8) is 0 Å². The van der Waals surface area contributed by atoms with E-state index in [4.69, 9.17) is 20.8 Å². The minimum atomic E-state index is -1.01. The van der Waals surface area contributed by atoms with E-state index in [2.05, 4.69) is 15.3 Å². The number of ether oxygens (including phenoxy) is 1. The third-order valence-electron chi connectivity index (χ3n) is 4.97. The van der Waals surface area contributed by atoms with Crippen molar-refractivity contribution in [1.82, 2.24) is 20.0 Å².